The van der Waals surface area contributed by atoms with E-state index in [2.05, 4.69) is 66.2 Å². The normalized spacial score (nSPS) is 21.7. The summed E-state index contributed by atoms with van der Waals surface area (Å²) in [7, 11) is 2.04. The Morgan fingerprint density at radius 1 is 1.33 bits per heavy atom. The lowest BCUT2D eigenvalue weighted by Gasteiger charge is -2.42. The molecule has 2 nitrogen and oxygen atoms in total. The molecule has 0 aromatic heterocycles. The molecule has 0 spiro atoms. The maximum atomic E-state index is 3.34. The summed E-state index contributed by atoms with van der Waals surface area (Å²) < 4.78 is 0.374. The molecule has 0 amide bonds. The number of rotatable bonds is 4. The molecular formula is C15H24N2S. The molecule has 1 aromatic carbocycles. The second-order valence-electron chi connectivity index (χ2n) is 5.56. The first kappa shape index (κ1) is 13.9. The Labute approximate surface area is 115 Å². The van der Waals surface area contributed by atoms with Gasteiger partial charge in [0.1, 0.15) is 0 Å². The molecular weight excluding hydrogens is 240 g/mol. The summed E-state index contributed by atoms with van der Waals surface area (Å²) in [5.74, 6) is 1.24. The standard InChI is InChI=1S/C15H24N2S/c1-15(2)12-17(9-10-18-15)14(11-16-3)13-7-5-4-6-8-13/h4-8,14,16H,9-12H2,1-3H3. The van der Waals surface area contributed by atoms with Crippen LogP contribution >= 0.6 is 11.8 Å². The second kappa shape index (κ2) is 6.09. The van der Waals surface area contributed by atoms with Crippen LogP contribution in [0.1, 0.15) is 25.5 Å². The largest absolute Gasteiger partial charge is 0.318 e. The predicted octanol–water partition coefficient (Wildman–Crippen LogP) is 2.77. The van der Waals surface area contributed by atoms with E-state index in [1.54, 1.807) is 0 Å². The number of hydrogen-bond acceptors (Lipinski definition) is 3. The molecule has 1 aromatic rings. The van der Waals surface area contributed by atoms with Gasteiger partial charge in [0.25, 0.3) is 0 Å². The highest BCUT2D eigenvalue weighted by Crippen LogP contribution is 2.33. The molecule has 100 valence electrons. The molecule has 1 unspecified atom stereocenters. The van der Waals surface area contributed by atoms with E-state index in [9.17, 15) is 0 Å². The van der Waals surface area contributed by atoms with Gasteiger partial charge < -0.3 is 5.32 Å². The SMILES string of the molecule is CNCC(c1ccccc1)N1CCSC(C)(C)C1. The van der Waals surface area contributed by atoms with Gasteiger partial charge in [-0.15, -0.1) is 0 Å². The van der Waals surface area contributed by atoms with Crippen LogP contribution in [0.4, 0.5) is 0 Å². The van der Waals surface area contributed by atoms with E-state index in [-0.39, 0.29) is 0 Å². The van der Waals surface area contributed by atoms with E-state index in [0.717, 1.165) is 6.54 Å². The Balaban J connectivity index is 2.15. The third kappa shape index (κ3) is 3.50. The summed E-state index contributed by atoms with van der Waals surface area (Å²) in [5, 5.41) is 3.34. The fourth-order valence-electron chi connectivity index (χ4n) is 2.65. The van der Waals surface area contributed by atoms with Crippen molar-refractivity contribution in [1.82, 2.24) is 10.2 Å². The van der Waals surface area contributed by atoms with Crippen molar-refractivity contribution >= 4 is 11.8 Å². The summed E-state index contributed by atoms with van der Waals surface area (Å²) >= 11 is 2.09. The van der Waals surface area contributed by atoms with E-state index >= 15 is 0 Å². The van der Waals surface area contributed by atoms with Gasteiger partial charge in [-0.25, -0.2) is 0 Å². The molecule has 1 fully saturated rings. The van der Waals surface area contributed by atoms with Gasteiger partial charge in [-0.3, -0.25) is 4.90 Å². The van der Waals surface area contributed by atoms with Crippen LogP contribution in [-0.4, -0.2) is 42.1 Å². The van der Waals surface area contributed by atoms with Gasteiger partial charge in [0.05, 0.1) is 0 Å². The number of hydrogen-bond donors (Lipinski definition) is 1. The average molecular weight is 264 g/mol. The summed E-state index contributed by atoms with van der Waals surface area (Å²) in [4.78, 5) is 2.63. The minimum Gasteiger partial charge on any atom is -0.318 e. The Kier molecular flexibility index (Phi) is 4.71. The van der Waals surface area contributed by atoms with E-state index < -0.39 is 0 Å². The van der Waals surface area contributed by atoms with Crippen molar-refractivity contribution in [3.05, 3.63) is 35.9 Å². The first-order valence-electron chi connectivity index (χ1n) is 6.70. The minimum absolute atomic E-state index is 0.374. The van der Waals surface area contributed by atoms with Gasteiger partial charge in [-0.05, 0) is 26.5 Å². The molecule has 0 bridgehead atoms. The number of thioether (sulfide) groups is 1. The van der Waals surface area contributed by atoms with Crippen LogP contribution in [0.2, 0.25) is 0 Å². The summed E-state index contributed by atoms with van der Waals surface area (Å²) in [6.45, 7) is 8.08. The summed E-state index contributed by atoms with van der Waals surface area (Å²) in [6.07, 6.45) is 0. The van der Waals surface area contributed by atoms with Gasteiger partial charge in [-0.2, -0.15) is 11.8 Å². The molecule has 1 atom stereocenters. The maximum absolute atomic E-state index is 3.34. The van der Waals surface area contributed by atoms with Crippen LogP contribution < -0.4 is 5.32 Å². The van der Waals surface area contributed by atoms with Crippen molar-refractivity contribution in [2.45, 2.75) is 24.6 Å². The molecule has 1 aliphatic rings. The lowest BCUT2D eigenvalue weighted by Crippen LogP contribution is -2.47. The zero-order valence-electron chi connectivity index (χ0n) is 11.6. The predicted molar refractivity (Wildman–Crippen MR) is 81.2 cm³/mol. The Morgan fingerprint density at radius 3 is 2.67 bits per heavy atom. The molecule has 3 heteroatoms. The second-order valence-corrected chi connectivity index (χ2v) is 7.36. The smallest absolute Gasteiger partial charge is 0.0473 e. The Morgan fingerprint density at radius 2 is 2.06 bits per heavy atom. The molecule has 1 saturated heterocycles. The molecule has 0 radical (unpaired) electrons. The quantitative estimate of drug-likeness (QED) is 0.900. The molecule has 18 heavy (non-hydrogen) atoms. The van der Waals surface area contributed by atoms with Gasteiger partial charge in [0.2, 0.25) is 0 Å². The Hall–Kier alpha value is -0.510. The van der Waals surface area contributed by atoms with Crippen molar-refractivity contribution in [3.63, 3.8) is 0 Å². The lowest BCUT2D eigenvalue weighted by atomic mass is 10.0. The van der Waals surface area contributed by atoms with Crippen LogP contribution in [0.3, 0.4) is 0 Å². The van der Waals surface area contributed by atoms with Crippen LogP contribution in [0.15, 0.2) is 30.3 Å². The van der Waals surface area contributed by atoms with Crippen molar-refractivity contribution < 1.29 is 0 Å². The van der Waals surface area contributed by atoms with Crippen LogP contribution in [0, 0.1) is 0 Å². The Bertz CT molecular complexity index is 364. The third-order valence-electron chi connectivity index (χ3n) is 3.48. The first-order chi connectivity index (χ1) is 8.62. The average Bonchev–Trinajstić information content (AvgIpc) is 2.36. The number of likely N-dealkylation sites (N-methyl/N-ethyl adjacent to an activating group) is 1. The van der Waals surface area contributed by atoms with Gasteiger partial charge in [0.15, 0.2) is 0 Å². The van der Waals surface area contributed by atoms with Gasteiger partial charge in [-0.1, -0.05) is 30.3 Å². The molecule has 1 heterocycles. The fourth-order valence-corrected chi connectivity index (χ4v) is 3.78. The number of nitrogens with one attached hydrogen (secondary N) is 1. The zero-order chi connectivity index (χ0) is 13.0. The molecule has 1 aliphatic heterocycles. The highest BCUT2D eigenvalue weighted by molar-refractivity contribution is 8.00. The van der Waals surface area contributed by atoms with Crippen molar-refractivity contribution in [2.24, 2.45) is 0 Å². The summed E-state index contributed by atoms with van der Waals surface area (Å²) in [5.41, 5.74) is 1.43. The molecule has 1 N–H and O–H groups in total. The number of nitrogens with zero attached hydrogens (tertiary/aromatic N) is 1. The lowest BCUT2D eigenvalue weighted by molar-refractivity contribution is 0.186. The fraction of sp³-hybridized carbons (Fsp3) is 0.600. The van der Waals surface area contributed by atoms with Gasteiger partial charge >= 0.3 is 0 Å². The maximum Gasteiger partial charge on any atom is 0.0473 e. The van der Waals surface area contributed by atoms with E-state index in [1.807, 2.05) is 7.05 Å². The monoisotopic (exact) mass is 264 g/mol. The van der Waals surface area contributed by atoms with E-state index in [1.165, 1.54) is 24.4 Å². The minimum atomic E-state index is 0.374. The number of benzene rings is 1. The highest BCUT2D eigenvalue weighted by atomic mass is 32.2. The topological polar surface area (TPSA) is 15.3 Å². The highest BCUT2D eigenvalue weighted by Gasteiger charge is 2.31. The van der Waals surface area contributed by atoms with Crippen LogP contribution in [0.25, 0.3) is 0 Å². The summed E-state index contributed by atoms with van der Waals surface area (Å²) in [6, 6.07) is 11.4. The third-order valence-corrected chi connectivity index (χ3v) is 4.78. The molecule has 0 saturated carbocycles. The van der Waals surface area contributed by atoms with E-state index in [0.29, 0.717) is 10.8 Å². The van der Waals surface area contributed by atoms with Crippen LogP contribution in [0.5, 0.6) is 0 Å². The zero-order valence-corrected chi connectivity index (χ0v) is 12.5. The van der Waals surface area contributed by atoms with Gasteiger partial charge in [0, 0.05) is 36.2 Å². The van der Waals surface area contributed by atoms with Crippen molar-refractivity contribution in [1.29, 1.82) is 0 Å². The molecule has 0 aliphatic carbocycles. The van der Waals surface area contributed by atoms with Crippen molar-refractivity contribution in [3.8, 4) is 0 Å². The first-order valence-corrected chi connectivity index (χ1v) is 7.68. The van der Waals surface area contributed by atoms with E-state index in [4.69, 9.17) is 0 Å². The van der Waals surface area contributed by atoms with Crippen molar-refractivity contribution in [2.75, 3.05) is 32.4 Å². The molecule has 2 rings (SSSR count). The van der Waals surface area contributed by atoms with Crippen LogP contribution in [-0.2, 0) is 0 Å².